The van der Waals surface area contributed by atoms with Crippen molar-refractivity contribution in [1.82, 2.24) is 0 Å². The Kier molecular flexibility index (Phi) is 3.98. The van der Waals surface area contributed by atoms with Crippen LogP contribution in [0.15, 0.2) is 52.3 Å². The third-order valence-corrected chi connectivity index (χ3v) is 3.45. The number of rotatable bonds is 3. The summed E-state index contributed by atoms with van der Waals surface area (Å²) < 4.78 is 13.7. The number of nitrogens with zero attached hydrogens (tertiary/aromatic N) is 1. The summed E-state index contributed by atoms with van der Waals surface area (Å²) in [5.41, 5.74) is 1.13. The topological polar surface area (TPSA) is 44.0 Å². The molecule has 0 fully saturated rings. The quantitative estimate of drug-likeness (QED) is 0.919. The summed E-state index contributed by atoms with van der Waals surface area (Å²) >= 11 is 1.29. The maximum absolute atomic E-state index is 13.7. The molecule has 2 aromatic carbocycles. The first-order valence-corrected chi connectivity index (χ1v) is 6.12. The zero-order valence-corrected chi connectivity index (χ0v) is 10.2. The number of benzene rings is 2. The van der Waals surface area contributed by atoms with Crippen LogP contribution in [-0.2, 0) is 6.61 Å². The molecule has 0 saturated carbocycles. The number of hydrogen-bond donors (Lipinski definition) is 1. The second-order valence-electron chi connectivity index (χ2n) is 3.66. The molecule has 1 N–H and O–H groups in total. The molecular weight excluding hydrogens is 249 g/mol. The molecule has 0 bridgehead atoms. The van der Waals surface area contributed by atoms with Gasteiger partial charge in [-0.3, -0.25) is 0 Å². The Bertz CT molecular complexity index is 590. The summed E-state index contributed by atoms with van der Waals surface area (Å²) in [5.74, 6) is -0.398. The van der Waals surface area contributed by atoms with Gasteiger partial charge in [0, 0.05) is 9.79 Å². The second kappa shape index (κ2) is 5.67. The lowest BCUT2D eigenvalue weighted by atomic mass is 10.2. The summed E-state index contributed by atoms with van der Waals surface area (Å²) in [6.45, 7) is -0.00380. The highest BCUT2D eigenvalue weighted by Gasteiger charge is 2.05. The third kappa shape index (κ3) is 2.89. The molecule has 0 spiro atoms. The van der Waals surface area contributed by atoms with E-state index < -0.39 is 5.82 Å². The Morgan fingerprint density at radius 3 is 2.44 bits per heavy atom. The van der Waals surface area contributed by atoms with Crippen molar-refractivity contribution in [3.05, 3.63) is 59.4 Å². The van der Waals surface area contributed by atoms with Gasteiger partial charge in [-0.15, -0.1) is 0 Å². The molecular formula is C14H10FNOS. The molecule has 18 heavy (non-hydrogen) atoms. The van der Waals surface area contributed by atoms with Crippen LogP contribution in [0.4, 0.5) is 4.39 Å². The van der Waals surface area contributed by atoms with Crippen LogP contribution in [0.5, 0.6) is 0 Å². The van der Waals surface area contributed by atoms with E-state index in [-0.39, 0.29) is 6.61 Å². The van der Waals surface area contributed by atoms with Crippen LogP contribution in [0.3, 0.4) is 0 Å². The van der Waals surface area contributed by atoms with Crippen LogP contribution >= 0.6 is 11.8 Å². The first kappa shape index (κ1) is 12.6. The molecule has 90 valence electrons. The highest BCUT2D eigenvalue weighted by molar-refractivity contribution is 7.99. The number of aliphatic hydroxyl groups excluding tert-OH is 1. The van der Waals surface area contributed by atoms with Crippen molar-refractivity contribution in [1.29, 1.82) is 5.26 Å². The minimum Gasteiger partial charge on any atom is -0.392 e. The Hall–Kier alpha value is -1.83. The van der Waals surface area contributed by atoms with Gasteiger partial charge in [-0.1, -0.05) is 23.9 Å². The maximum atomic E-state index is 13.7. The molecule has 0 unspecified atom stereocenters. The van der Waals surface area contributed by atoms with Crippen molar-refractivity contribution in [2.45, 2.75) is 16.4 Å². The summed E-state index contributed by atoms with van der Waals surface area (Å²) in [6.07, 6.45) is 0. The van der Waals surface area contributed by atoms with Crippen molar-refractivity contribution in [3.63, 3.8) is 0 Å². The predicted molar refractivity (Wildman–Crippen MR) is 67.6 cm³/mol. The van der Waals surface area contributed by atoms with Crippen LogP contribution in [0.25, 0.3) is 0 Å². The zero-order chi connectivity index (χ0) is 13.0. The lowest BCUT2D eigenvalue weighted by molar-refractivity contribution is 0.282. The lowest BCUT2D eigenvalue weighted by Gasteiger charge is -2.04. The van der Waals surface area contributed by atoms with E-state index in [0.29, 0.717) is 10.5 Å². The van der Waals surface area contributed by atoms with E-state index in [0.717, 1.165) is 10.5 Å². The minimum absolute atomic E-state index is 0.00380. The number of aliphatic hydroxyl groups is 1. The minimum atomic E-state index is -0.398. The second-order valence-corrected chi connectivity index (χ2v) is 4.78. The van der Waals surface area contributed by atoms with Gasteiger partial charge in [-0.2, -0.15) is 5.26 Å². The Labute approximate surface area is 109 Å². The molecule has 0 amide bonds. The standard InChI is InChI=1S/C14H10FNOS/c15-13-7-11(8-16)3-6-14(13)18-12-4-1-10(9-17)2-5-12/h1-7,17H,9H2. The average Bonchev–Trinajstić information content (AvgIpc) is 2.42. The molecule has 0 aromatic heterocycles. The SMILES string of the molecule is N#Cc1ccc(Sc2ccc(CO)cc2)c(F)c1. The van der Waals surface area contributed by atoms with Crippen LogP contribution in [0, 0.1) is 17.1 Å². The normalized spacial score (nSPS) is 10.1. The van der Waals surface area contributed by atoms with Crippen molar-refractivity contribution in [2.75, 3.05) is 0 Å². The highest BCUT2D eigenvalue weighted by atomic mass is 32.2. The summed E-state index contributed by atoms with van der Waals surface area (Å²) in [7, 11) is 0. The Morgan fingerprint density at radius 1 is 1.17 bits per heavy atom. The Morgan fingerprint density at radius 2 is 1.89 bits per heavy atom. The third-order valence-electron chi connectivity index (χ3n) is 2.39. The number of halogens is 1. The van der Waals surface area contributed by atoms with Crippen LogP contribution in [0.1, 0.15) is 11.1 Å². The van der Waals surface area contributed by atoms with E-state index in [4.69, 9.17) is 10.4 Å². The van der Waals surface area contributed by atoms with Crippen molar-refractivity contribution >= 4 is 11.8 Å². The van der Waals surface area contributed by atoms with Gasteiger partial charge in [0.25, 0.3) is 0 Å². The summed E-state index contributed by atoms with van der Waals surface area (Å²) in [6, 6.07) is 13.6. The predicted octanol–water partition coefficient (Wildman–Crippen LogP) is 3.34. The van der Waals surface area contributed by atoms with Crippen LogP contribution in [-0.4, -0.2) is 5.11 Å². The molecule has 2 rings (SSSR count). The molecule has 0 aliphatic heterocycles. The van der Waals surface area contributed by atoms with Gasteiger partial charge >= 0.3 is 0 Å². The lowest BCUT2D eigenvalue weighted by Crippen LogP contribution is -1.85. The number of nitriles is 1. The maximum Gasteiger partial charge on any atom is 0.138 e. The number of hydrogen-bond acceptors (Lipinski definition) is 3. The molecule has 2 aromatic rings. The fraction of sp³-hybridized carbons (Fsp3) is 0.0714. The van der Waals surface area contributed by atoms with Gasteiger partial charge < -0.3 is 5.11 Å². The largest absolute Gasteiger partial charge is 0.392 e. The van der Waals surface area contributed by atoms with Gasteiger partial charge in [0.2, 0.25) is 0 Å². The molecule has 0 heterocycles. The summed E-state index contributed by atoms with van der Waals surface area (Å²) in [4.78, 5) is 1.36. The van der Waals surface area contributed by atoms with Crippen molar-refractivity contribution in [2.24, 2.45) is 0 Å². The molecule has 0 atom stereocenters. The van der Waals surface area contributed by atoms with Gasteiger partial charge in [-0.05, 0) is 35.9 Å². The Balaban J connectivity index is 2.20. The van der Waals surface area contributed by atoms with Gasteiger partial charge in [0.1, 0.15) is 5.82 Å². The van der Waals surface area contributed by atoms with Gasteiger partial charge in [-0.25, -0.2) is 4.39 Å². The van der Waals surface area contributed by atoms with E-state index >= 15 is 0 Å². The summed E-state index contributed by atoms with van der Waals surface area (Å²) in [5, 5.41) is 17.6. The van der Waals surface area contributed by atoms with Gasteiger partial charge in [0.15, 0.2) is 0 Å². The van der Waals surface area contributed by atoms with Crippen molar-refractivity contribution in [3.8, 4) is 6.07 Å². The van der Waals surface area contributed by atoms with E-state index in [1.54, 1.807) is 24.3 Å². The smallest absolute Gasteiger partial charge is 0.138 e. The van der Waals surface area contributed by atoms with Crippen molar-refractivity contribution < 1.29 is 9.50 Å². The molecule has 4 heteroatoms. The fourth-order valence-corrected chi connectivity index (χ4v) is 2.26. The molecule has 0 radical (unpaired) electrons. The van der Waals surface area contributed by atoms with E-state index in [1.165, 1.54) is 17.8 Å². The van der Waals surface area contributed by atoms with E-state index in [9.17, 15) is 4.39 Å². The first-order valence-electron chi connectivity index (χ1n) is 5.30. The monoisotopic (exact) mass is 259 g/mol. The van der Waals surface area contributed by atoms with Crippen LogP contribution in [0.2, 0.25) is 0 Å². The molecule has 0 saturated heterocycles. The first-order chi connectivity index (χ1) is 8.72. The average molecular weight is 259 g/mol. The van der Waals surface area contributed by atoms with Gasteiger partial charge in [0.05, 0.1) is 18.2 Å². The van der Waals surface area contributed by atoms with Crippen LogP contribution < -0.4 is 0 Å². The molecule has 2 nitrogen and oxygen atoms in total. The fourth-order valence-electron chi connectivity index (χ4n) is 1.44. The van der Waals surface area contributed by atoms with E-state index in [2.05, 4.69) is 0 Å². The highest BCUT2D eigenvalue weighted by Crippen LogP contribution is 2.30. The molecule has 0 aliphatic carbocycles. The van der Waals surface area contributed by atoms with E-state index in [1.807, 2.05) is 18.2 Å². The zero-order valence-electron chi connectivity index (χ0n) is 9.43. The molecule has 0 aliphatic rings.